The summed E-state index contributed by atoms with van der Waals surface area (Å²) in [5, 5.41) is 7.57. The van der Waals surface area contributed by atoms with Crippen LogP contribution in [-0.4, -0.2) is 23.3 Å². The van der Waals surface area contributed by atoms with Gasteiger partial charge in [0.2, 0.25) is 0 Å². The quantitative estimate of drug-likeness (QED) is 0.686. The van der Waals surface area contributed by atoms with E-state index in [4.69, 9.17) is 5.11 Å². The van der Waals surface area contributed by atoms with E-state index in [-0.39, 0.29) is 24.6 Å². The molecule has 0 atom stereocenters. The van der Waals surface area contributed by atoms with Crippen molar-refractivity contribution in [2.75, 3.05) is 6.61 Å². The van der Waals surface area contributed by atoms with Crippen molar-refractivity contribution in [3.8, 4) is 0 Å². The van der Waals surface area contributed by atoms with E-state index in [2.05, 4.69) is 0 Å². The van der Waals surface area contributed by atoms with Crippen molar-refractivity contribution in [3.05, 3.63) is 71.8 Å². The van der Waals surface area contributed by atoms with Gasteiger partial charge in [-0.2, -0.15) is 0 Å². The highest BCUT2D eigenvalue weighted by Gasteiger charge is 2.12. The van der Waals surface area contributed by atoms with Gasteiger partial charge >= 0.3 is 0 Å². The van der Waals surface area contributed by atoms with Gasteiger partial charge in [0.05, 0.1) is 6.42 Å². The molecular weight excluding hydrogens is 252 g/mol. The van der Waals surface area contributed by atoms with E-state index in [1.807, 2.05) is 12.1 Å². The van der Waals surface area contributed by atoms with Crippen molar-refractivity contribution in [1.82, 2.24) is 0 Å². The standard InChI is InChI=1S/C15H12O2.C2H6O/c16-14(12-7-3-1-4-8-12)11-15(17)13-9-5-2-6-10-13;1-2-3/h1-10H,11H2;3H,2H2,1H3. The zero-order valence-electron chi connectivity index (χ0n) is 11.5. The minimum atomic E-state index is -0.139. The SMILES string of the molecule is CCO.O=C(CC(=O)c1ccccc1)c1ccccc1. The molecule has 2 aromatic carbocycles. The molecular formula is C17H18O3. The summed E-state index contributed by atoms with van der Waals surface area (Å²) >= 11 is 0. The van der Waals surface area contributed by atoms with Crippen LogP contribution in [-0.2, 0) is 0 Å². The molecule has 0 spiro atoms. The molecule has 0 amide bonds. The van der Waals surface area contributed by atoms with Crippen molar-refractivity contribution < 1.29 is 14.7 Å². The third-order valence-corrected chi connectivity index (χ3v) is 2.51. The fourth-order valence-corrected chi connectivity index (χ4v) is 1.60. The van der Waals surface area contributed by atoms with Gasteiger partial charge in [-0.25, -0.2) is 0 Å². The fraction of sp³-hybridized carbons (Fsp3) is 0.176. The van der Waals surface area contributed by atoms with E-state index in [0.29, 0.717) is 11.1 Å². The van der Waals surface area contributed by atoms with Gasteiger partial charge in [0, 0.05) is 17.7 Å². The monoisotopic (exact) mass is 270 g/mol. The number of ketones is 2. The Labute approximate surface area is 118 Å². The molecule has 0 unspecified atom stereocenters. The van der Waals surface area contributed by atoms with Gasteiger partial charge in [-0.1, -0.05) is 60.7 Å². The molecule has 3 nitrogen and oxygen atoms in total. The zero-order chi connectivity index (χ0) is 14.8. The Bertz CT molecular complexity index is 483. The number of hydrogen-bond donors (Lipinski definition) is 1. The van der Waals surface area contributed by atoms with E-state index >= 15 is 0 Å². The fourth-order valence-electron chi connectivity index (χ4n) is 1.60. The average Bonchev–Trinajstić information content (AvgIpc) is 2.50. The molecule has 0 radical (unpaired) electrons. The third kappa shape index (κ3) is 5.16. The lowest BCUT2D eigenvalue weighted by molar-refractivity contribution is 0.0894. The Hall–Kier alpha value is -2.26. The molecule has 104 valence electrons. The van der Waals surface area contributed by atoms with E-state index in [0.717, 1.165) is 0 Å². The molecule has 0 heterocycles. The predicted octanol–water partition coefficient (Wildman–Crippen LogP) is 3.14. The van der Waals surface area contributed by atoms with Crippen molar-refractivity contribution in [2.24, 2.45) is 0 Å². The Morgan fingerprint density at radius 3 is 1.40 bits per heavy atom. The summed E-state index contributed by atoms with van der Waals surface area (Å²) in [6.07, 6.45) is -0.0754. The number of carbonyl (C=O) groups excluding carboxylic acids is 2. The number of Topliss-reactive ketones (excluding diaryl/α,β-unsaturated/α-hetero) is 2. The van der Waals surface area contributed by atoms with Crippen molar-refractivity contribution in [2.45, 2.75) is 13.3 Å². The molecule has 0 saturated carbocycles. The lowest BCUT2D eigenvalue weighted by Crippen LogP contribution is -2.08. The second kappa shape index (κ2) is 8.77. The molecule has 0 saturated heterocycles. The van der Waals surface area contributed by atoms with Crippen LogP contribution in [0, 0.1) is 0 Å². The molecule has 0 aliphatic rings. The van der Waals surface area contributed by atoms with Gasteiger partial charge in [0.25, 0.3) is 0 Å². The molecule has 2 rings (SSSR count). The van der Waals surface area contributed by atoms with Crippen LogP contribution in [0.4, 0.5) is 0 Å². The number of aliphatic hydroxyl groups is 1. The van der Waals surface area contributed by atoms with E-state index in [1.54, 1.807) is 55.5 Å². The summed E-state index contributed by atoms with van der Waals surface area (Å²) in [7, 11) is 0. The largest absolute Gasteiger partial charge is 0.397 e. The first-order valence-corrected chi connectivity index (χ1v) is 6.46. The van der Waals surface area contributed by atoms with Crippen molar-refractivity contribution in [1.29, 1.82) is 0 Å². The van der Waals surface area contributed by atoms with Crippen LogP contribution in [0.15, 0.2) is 60.7 Å². The van der Waals surface area contributed by atoms with Crippen LogP contribution >= 0.6 is 0 Å². The Kier molecular flexibility index (Phi) is 6.93. The first kappa shape index (κ1) is 15.8. The lowest BCUT2D eigenvalue weighted by atomic mass is 10.0. The van der Waals surface area contributed by atoms with Crippen LogP contribution in [0.1, 0.15) is 34.1 Å². The maximum absolute atomic E-state index is 11.8. The number of rotatable bonds is 4. The molecule has 0 bridgehead atoms. The van der Waals surface area contributed by atoms with Crippen LogP contribution < -0.4 is 0 Å². The smallest absolute Gasteiger partial charge is 0.170 e. The topological polar surface area (TPSA) is 54.4 Å². The molecule has 0 aliphatic carbocycles. The predicted molar refractivity (Wildman–Crippen MR) is 78.9 cm³/mol. The summed E-state index contributed by atoms with van der Waals surface area (Å²) in [5.41, 5.74) is 1.16. The maximum Gasteiger partial charge on any atom is 0.170 e. The highest BCUT2D eigenvalue weighted by atomic mass is 16.2. The minimum Gasteiger partial charge on any atom is -0.397 e. The third-order valence-electron chi connectivity index (χ3n) is 2.51. The van der Waals surface area contributed by atoms with Gasteiger partial charge < -0.3 is 5.11 Å². The first-order chi connectivity index (χ1) is 9.69. The second-order valence-electron chi connectivity index (χ2n) is 4.07. The van der Waals surface area contributed by atoms with Crippen molar-refractivity contribution >= 4 is 11.6 Å². The van der Waals surface area contributed by atoms with Crippen LogP contribution in [0.5, 0.6) is 0 Å². The first-order valence-electron chi connectivity index (χ1n) is 6.46. The zero-order valence-corrected chi connectivity index (χ0v) is 11.5. The number of carbonyl (C=O) groups is 2. The maximum atomic E-state index is 11.8. The van der Waals surface area contributed by atoms with Crippen LogP contribution in [0.3, 0.4) is 0 Å². The highest BCUT2D eigenvalue weighted by molar-refractivity contribution is 6.13. The summed E-state index contributed by atoms with van der Waals surface area (Å²) in [5.74, 6) is -0.279. The van der Waals surface area contributed by atoms with E-state index < -0.39 is 0 Å². The number of benzene rings is 2. The number of hydrogen-bond acceptors (Lipinski definition) is 3. The molecule has 0 aliphatic heterocycles. The van der Waals surface area contributed by atoms with Gasteiger partial charge in [-0.05, 0) is 6.92 Å². The summed E-state index contributed by atoms with van der Waals surface area (Å²) in [6.45, 7) is 1.93. The number of aliphatic hydroxyl groups excluding tert-OH is 1. The molecule has 2 aromatic rings. The average molecular weight is 270 g/mol. The Morgan fingerprint density at radius 2 is 1.10 bits per heavy atom. The minimum absolute atomic E-state index is 0.0754. The highest BCUT2D eigenvalue weighted by Crippen LogP contribution is 2.08. The summed E-state index contributed by atoms with van der Waals surface area (Å²) < 4.78 is 0. The summed E-state index contributed by atoms with van der Waals surface area (Å²) in [6, 6.07) is 17.7. The van der Waals surface area contributed by atoms with E-state index in [9.17, 15) is 9.59 Å². The second-order valence-corrected chi connectivity index (χ2v) is 4.07. The molecule has 3 heteroatoms. The molecule has 1 N–H and O–H groups in total. The van der Waals surface area contributed by atoms with E-state index in [1.165, 1.54) is 0 Å². The molecule has 20 heavy (non-hydrogen) atoms. The van der Waals surface area contributed by atoms with Gasteiger partial charge in [-0.3, -0.25) is 9.59 Å². The van der Waals surface area contributed by atoms with Crippen LogP contribution in [0.2, 0.25) is 0 Å². The molecule has 0 fully saturated rings. The Morgan fingerprint density at radius 1 is 0.800 bits per heavy atom. The normalized spacial score (nSPS) is 9.30. The van der Waals surface area contributed by atoms with Gasteiger partial charge in [-0.15, -0.1) is 0 Å². The summed E-state index contributed by atoms with van der Waals surface area (Å²) in [4.78, 5) is 23.6. The van der Waals surface area contributed by atoms with Gasteiger partial charge in [0.15, 0.2) is 11.6 Å². The van der Waals surface area contributed by atoms with Gasteiger partial charge in [0.1, 0.15) is 0 Å². The molecule has 0 aromatic heterocycles. The lowest BCUT2D eigenvalue weighted by Gasteiger charge is -2.00. The van der Waals surface area contributed by atoms with Crippen LogP contribution in [0.25, 0.3) is 0 Å². The Balaban J connectivity index is 0.000000612. The van der Waals surface area contributed by atoms with Crippen molar-refractivity contribution in [3.63, 3.8) is 0 Å².